The summed E-state index contributed by atoms with van der Waals surface area (Å²) in [6, 6.07) is 0. The molecule has 0 aliphatic carbocycles. The van der Waals surface area contributed by atoms with Gasteiger partial charge in [0.05, 0.1) is 12.4 Å². The summed E-state index contributed by atoms with van der Waals surface area (Å²) in [5.41, 5.74) is 0. The van der Waals surface area contributed by atoms with Gasteiger partial charge in [-0.25, -0.2) is 4.98 Å². The Bertz CT molecular complexity index is 326. The van der Waals surface area contributed by atoms with Crippen molar-refractivity contribution in [2.45, 2.75) is 19.8 Å². The highest BCUT2D eigenvalue weighted by molar-refractivity contribution is 5.43. The van der Waals surface area contributed by atoms with Gasteiger partial charge in [0.15, 0.2) is 0 Å². The summed E-state index contributed by atoms with van der Waals surface area (Å²) in [6.07, 6.45) is 6.18. The van der Waals surface area contributed by atoms with Crippen molar-refractivity contribution in [2.75, 3.05) is 30.4 Å². The quantitative estimate of drug-likeness (QED) is 0.800. The van der Waals surface area contributed by atoms with Crippen LogP contribution in [0, 0.1) is 5.92 Å². The minimum atomic E-state index is 0.763. The fourth-order valence-electron chi connectivity index (χ4n) is 2.03. The third kappa shape index (κ3) is 2.37. The van der Waals surface area contributed by atoms with Gasteiger partial charge in [0, 0.05) is 20.1 Å². The van der Waals surface area contributed by atoms with E-state index in [-0.39, 0.29) is 0 Å². The Balaban J connectivity index is 2.13. The number of piperidine rings is 1. The standard InChI is InChI=1S/C11H18N4/c1-9-4-3-5-15(8-9)11-7-13-6-10(12-2)14-11/h6-7,9H,3-5,8H2,1-2H3,(H,12,14). The molecule has 0 amide bonds. The van der Waals surface area contributed by atoms with Crippen molar-refractivity contribution in [3.8, 4) is 0 Å². The van der Waals surface area contributed by atoms with E-state index in [0.29, 0.717) is 0 Å². The van der Waals surface area contributed by atoms with Crippen molar-refractivity contribution in [1.82, 2.24) is 9.97 Å². The molecule has 2 rings (SSSR count). The van der Waals surface area contributed by atoms with Gasteiger partial charge < -0.3 is 10.2 Å². The number of nitrogens with zero attached hydrogens (tertiary/aromatic N) is 3. The number of hydrogen-bond acceptors (Lipinski definition) is 4. The highest BCUT2D eigenvalue weighted by Gasteiger charge is 2.17. The van der Waals surface area contributed by atoms with Crippen molar-refractivity contribution in [2.24, 2.45) is 5.92 Å². The zero-order valence-corrected chi connectivity index (χ0v) is 9.40. The SMILES string of the molecule is CNc1cncc(N2CCCC(C)C2)n1. The number of rotatable bonds is 2. The van der Waals surface area contributed by atoms with Crippen LogP contribution in [0.1, 0.15) is 19.8 Å². The average Bonchev–Trinajstić information content (AvgIpc) is 2.29. The third-order valence-corrected chi connectivity index (χ3v) is 2.86. The summed E-state index contributed by atoms with van der Waals surface area (Å²) in [7, 11) is 1.87. The molecule has 15 heavy (non-hydrogen) atoms. The van der Waals surface area contributed by atoms with Crippen molar-refractivity contribution in [3.05, 3.63) is 12.4 Å². The Morgan fingerprint density at radius 3 is 3.07 bits per heavy atom. The molecule has 1 aliphatic rings. The fourth-order valence-corrected chi connectivity index (χ4v) is 2.03. The topological polar surface area (TPSA) is 41.1 Å². The second-order valence-corrected chi connectivity index (χ2v) is 4.21. The molecule has 0 aromatic carbocycles. The van der Waals surface area contributed by atoms with Crippen molar-refractivity contribution in [3.63, 3.8) is 0 Å². The van der Waals surface area contributed by atoms with Crippen LogP contribution in [0.25, 0.3) is 0 Å². The van der Waals surface area contributed by atoms with Crippen molar-refractivity contribution >= 4 is 11.6 Å². The second kappa shape index (κ2) is 4.47. The molecule has 1 unspecified atom stereocenters. The molecule has 1 aliphatic heterocycles. The number of aromatic nitrogens is 2. The maximum Gasteiger partial charge on any atom is 0.149 e. The lowest BCUT2D eigenvalue weighted by molar-refractivity contribution is 0.444. The van der Waals surface area contributed by atoms with Crippen LogP contribution in [0.3, 0.4) is 0 Å². The number of anilines is 2. The van der Waals surface area contributed by atoms with Gasteiger partial charge in [0.1, 0.15) is 11.6 Å². The van der Waals surface area contributed by atoms with Crippen LogP contribution in [0.5, 0.6) is 0 Å². The lowest BCUT2D eigenvalue weighted by Gasteiger charge is -2.31. The van der Waals surface area contributed by atoms with Gasteiger partial charge in [-0.2, -0.15) is 0 Å². The van der Waals surface area contributed by atoms with Crippen molar-refractivity contribution in [1.29, 1.82) is 0 Å². The Labute approximate surface area is 90.7 Å². The van der Waals surface area contributed by atoms with Gasteiger partial charge in [0.2, 0.25) is 0 Å². The van der Waals surface area contributed by atoms with Gasteiger partial charge in [-0.15, -0.1) is 0 Å². The Morgan fingerprint density at radius 1 is 1.47 bits per heavy atom. The number of hydrogen-bond donors (Lipinski definition) is 1. The van der Waals surface area contributed by atoms with Gasteiger partial charge in [-0.3, -0.25) is 4.98 Å². The summed E-state index contributed by atoms with van der Waals surface area (Å²) in [6.45, 7) is 4.50. The smallest absolute Gasteiger partial charge is 0.149 e. The highest BCUT2D eigenvalue weighted by atomic mass is 15.2. The minimum Gasteiger partial charge on any atom is -0.372 e. The Hall–Kier alpha value is -1.32. The third-order valence-electron chi connectivity index (χ3n) is 2.86. The molecule has 4 heteroatoms. The van der Waals surface area contributed by atoms with Crippen LogP contribution in [0.2, 0.25) is 0 Å². The van der Waals surface area contributed by atoms with E-state index < -0.39 is 0 Å². The highest BCUT2D eigenvalue weighted by Crippen LogP contribution is 2.21. The largest absolute Gasteiger partial charge is 0.372 e. The monoisotopic (exact) mass is 206 g/mol. The molecule has 1 aromatic heterocycles. The van der Waals surface area contributed by atoms with Crippen LogP contribution in [-0.4, -0.2) is 30.1 Å². The van der Waals surface area contributed by atoms with E-state index in [1.54, 1.807) is 6.20 Å². The lowest BCUT2D eigenvalue weighted by atomic mass is 10.0. The van der Waals surface area contributed by atoms with E-state index in [9.17, 15) is 0 Å². The summed E-state index contributed by atoms with van der Waals surface area (Å²) in [5, 5.41) is 3.02. The second-order valence-electron chi connectivity index (χ2n) is 4.21. The lowest BCUT2D eigenvalue weighted by Crippen LogP contribution is -2.34. The zero-order valence-electron chi connectivity index (χ0n) is 9.40. The molecule has 1 atom stereocenters. The Kier molecular flexibility index (Phi) is 3.04. The van der Waals surface area contributed by atoms with E-state index in [2.05, 4.69) is 27.1 Å². The van der Waals surface area contributed by atoms with Crippen LogP contribution in [-0.2, 0) is 0 Å². The van der Waals surface area contributed by atoms with Gasteiger partial charge in [-0.05, 0) is 18.8 Å². The first-order valence-electron chi connectivity index (χ1n) is 5.54. The van der Waals surface area contributed by atoms with E-state index >= 15 is 0 Å². The van der Waals surface area contributed by atoms with Crippen LogP contribution in [0.4, 0.5) is 11.6 Å². The van der Waals surface area contributed by atoms with Gasteiger partial charge in [-0.1, -0.05) is 6.92 Å². The van der Waals surface area contributed by atoms with Crippen LogP contribution < -0.4 is 10.2 Å². The molecule has 0 bridgehead atoms. The zero-order chi connectivity index (χ0) is 10.7. The van der Waals surface area contributed by atoms with Crippen LogP contribution in [0.15, 0.2) is 12.4 Å². The van der Waals surface area contributed by atoms with Crippen LogP contribution >= 0.6 is 0 Å². The van der Waals surface area contributed by atoms with Gasteiger partial charge >= 0.3 is 0 Å². The van der Waals surface area contributed by atoms with Crippen molar-refractivity contribution < 1.29 is 0 Å². The molecule has 1 N–H and O–H groups in total. The first kappa shape index (κ1) is 10.2. The van der Waals surface area contributed by atoms with E-state index in [4.69, 9.17) is 0 Å². The molecular weight excluding hydrogens is 188 g/mol. The molecule has 1 fully saturated rings. The van der Waals surface area contributed by atoms with E-state index in [0.717, 1.165) is 30.6 Å². The molecule has 1 aromatic rings. The first-order chi connectivity index (χ1) is 7.29. The average molecular weight is 206 g/mol. The first-order valence-corrected chi connectivity index (χ1v) is 5.54. The number of nitrogens with one attached hydrogen (secondary N) is 1. The Morgan fingerprint density at radius 2 is 2.33 bits per heavy atom. The molecule has 82 valence electrons. The molecule has 0 spiro atoms. The molecule has 1 saturated heterocycles. The maximum atomic E-state index is 4.50. The molecular formula is C11H18N4. The normalized spacial score (nSPS) is 21.5. The summed E-state index contributed by atoms with van der Waals surface area (Å²) < 4.78 is 0. The van der Waals surface area contributed by atoms with E-state index in [1.807, 2.05) is 13.2 Å². The minimum absolute atomic E-state index is 0.763. The summed E-state index contributed by atoms with van der Waals surface area (Å²) >= 11 is 0. The molecule has 4 nitrogen and oxygen atoms in total. The molecule has 0 saturated carbocycles. The molecule has 2 heterocycles. The summed E-state index contributed by atoms with van der Waals surface area (Å²) in [5.74, 6) is 2.60. The molecule has 0 radical (unpaired) electrons. The van der Waals surface area contributed by atoms with Gasteiger partial charge in [0.25, 0.3) is 0 Å². The predicted molar refractivity (Wildman–Crippen MR) is 62.2 cm³/mol. The summed E-state index contributed by atoms with van der Waals surface area (Å²) in [4.78, 5) is 11.0. The fraction of sp³-hybridized carbons (Fsp3) is 0.636. The maximum absolute atomic E-state index is 4.50. The predicted octanol–water partition coefficient (Wildman–Crippen LogP) is 1.75. The van der Waals surface area contributed by atoms with E-state index in [1.165, 1.54) is 12.8 Å².